The van der Waals surface area contributed by atoms with Gasteiger partial charge in [0.15, 0.2) is 5.96 Å². The largest absolute Gasteiger partial charge is 0.384 e. The molecule has 0 saturated heterocycles. The third-order valence-electron chi connectivity index (χ3n) is 7.97. The van der Waals surface area contributed by atoms with Crippen LogP contribution in [0.4, 0.5) is 0 Å². The van der Waals surface area contributed by atoms with Crippen molar-refractivity contribution in [2.75, 3.05) is 13.1 Å². The lowest BCUT2D eigenvalue weighted by atomic mass is 9.80. The number of nitrogens with one attached hydrogen (secondary N) is 4. The molecule has 12 N–H and O–H groups in total. The van der Waals surface area contributed by atoms with Crippen LogP contribution in [0.2, 0.25) is 0 Å². The number of amides is 4. The average molecular weight is 620 g/mol. The number of aliphatic imine (C=N–C) groups is 1. The van der Waals surface area contributed by atoms with Gasteiger partial charge in [0.2, 0.25) is 23.6 Å². The van der Waals surface area contributed by atoms with E-state index in [4.69, 9.17) is 28.3 Å². The fraction of sp³-hybridized carbons (Fsp3) is 0.438. The van der Waals surface area contributed by atoms with Crippen molar-refractivity contribution in [3.8, 4) is 0 Å². The topological polar surface area (TPSA) is 245 Å². The molecular formula is C32H45N9O4. The second-order valence-corrected chi connectivity index (χ2v) is 11.5. The minimum absolute atomic E-state index is 0.0234. The van der Waals surface area contributed by atoms with Crippen LogP contribution in [-0.2, 0) is 32.1 Å². The standard InChI is InChI=1S/C32H45N9O4/c33-27(34)23-13-11-20(12-14-23)17-25(30(44)39-18-21-6-2-1-3-7-21)31(45)40-19-22-8-4-9-24(16-22)29(43)41-26(28(35)42)10-5-15-38-32(36)37/h1-3,6-7,11-14,22,24-26H,4-5,8-10,15-19H2,(H3,33,34)(H2,35,42)(H,39,44)(H,40,45)(H,41,43)(H4,36,37,38)/t22?,24?,25?,26-/m0/s1. The third-order valence-corrected chi connectivity index (χ3v) is 7.97. The van der Waals surface area contributed by atoms with Crippen molar-refractivity contribution in [1.29, 1.82) is 5.41 Å². The molecule has 13 heteroatoms. The first-order valence-corrected chi connectivity index (χ1v) is 15.2. The lowest BCUT2D eigenvalue weighted by Gasteiger charge is -2.30. The molecule has 2 aromatic rings. The molecule has 2 aromatic carbocycles. The number of amidine groups is 1. The van der Waals surface area contributed by atoms with E-state index in [0.717, 1.165) is 24.0 Å². The van der Waals surface area contributed by atoms with Gasteiger partial charge in [0.25, 0.3) is 0 Å². The highest BCUT2D eigenvalue weighted by atomic mass is 16.2. The summed E-state index contributed by atoms with van der Waals surface area (Å²) in [5.41, 5.74) is 24.0. The summed E-state index contributed by atoms with van der Waals surface area (Å²) in [7, 11) is 0. The van der Waals surface area contributed by atoms with Crippen molar-refractivity contribution >= 4 is 35.4 Å². The number of hydrogen-bond acceptors (Lipinski definition) is 6. The first-order valence-electron chi connectivity index (χ1n) is 15.2. The molecule has 45 heavy (non-hydrogen) atoms. The summed E-state index contributed by atoms with van der Waals surface area (Å²) in [5.74, 6) is -3.08. The molecule has 1 saturated carbocycles. The van der Waals surface area contributed by atoms with Gasteiger partial charge in [-0.2, -0.15) is 0 Å². The van der Waals surface area contributed by atoms with Crippen molar-refractivity contribution in [3.63, 3.8) is 0 Å². The van der Waals surface area contributed by atoms with E-state index < -0.39 is 29.7 Å². The van der Waals surface area contributed by atoms with Gasteiger partial charge in [0.05, 0.1) is 0 Å². The van der Waals surface area contributed by atoms with Crippen LogP contribution in [0.1, 0.15) is 55.2 Å². The molecule has 3 unspecified atom stereocenters. The van der Waals surface area contributed by atoms with Crippen molar-refractivity contribution in [1.82, 2.24) is 16.0 Å². The fourth-order valence-corrected chi connectivity index (χ4v) is 5.43. The maximum Gasteiger partial charge on any atom is 0.240 e. The van der Waals surface area contributed by atoms with Gasteiger partial charge in [-0.1, -0.05) is 61.0 Å². The lowest BCUT2D eigenvalue weighted by Crippen LogP contribution is -2.48. The zero-order chi connectivity index (χ0) is 32.8. The summed E-state index contributed by atoms with van der Waals surface area (Å²) >= 11 is 0. The van der Waals surface area contributed by atoms with Gasteiger partial charge < -0.3 is 38.9 Å². The Hall–Kier alpha value is -4.94. The summed E-state index contributed by atoms with van der Waals surface area (Å²) < 4.78 is 0. The highest BCUT2D eigenvalue weighted by molar-refractivity contribution is 6.00. The Morgan fingerprint density at radius 2 is 1.58 bits per heavy atom. The first-order chi connectivity index (χ1) is 21.5. The predicted molar refractivity (Wildman–Crippen MR) is 172 cm³/mol. The van der Waals surface area contributed by atoms with Crippen LogP contribution < -0.4 is 38.9 Å². The Bertz CT molecular complexity index is 1340. The van der Waals surface area contributed by atoms with Gasteiger partial charge in [0.1, 0.15) is 17.8 Å². The summed E-state index contributed by atoms with van der Waals surface area (Å²) in [6, 6.07) is 15.5. The van der Waals surface area contributed by atoms with Crippen LogP contribution in [0.15, 0.2) is 59.6 Å². The molecule has 0 aromatic heterocycles. The SMILES string of the molecule is N=C(N)c1ccc(CC(C(=O)NCc2ccccc2)C(=O)NCC2CCCC(C(=O)N[C@@H](CCCN=C(N)N)C(N)=O)C2)cc1. The van der Waals surface area contributed by atoms with Gasteiger partial charge in [0, 0.05) is 31.1 Å². The first kappa shape index (κ1) is 34.5. The number of carbonyl (C=O) groups is 4. The highest BCUT2D eigenvalue weighted by Crippen LogP contribution is 2.29. The number of carbonyl (C=O) groups excluding carboxylic acids is 4. The smallest absolute Gasteiger partial charge is 0.240 e. The maximum absolute atomic E-state index is 13.4. The van der Waals surface area contributed by atoms with Crippen LogP contribution in [0.5, 0.6) is 0 Å². The Kier molecular flexibility index (Phi) is 13.3. The van der Waals surface area contributed by atoms with E-state index >= 15 is 0 Å². The van der Waals surface area contributed by atoms with Crippen LogP contribution in [-0.4, -0.2) is 54.6 Å². The summed E-state index contributed by atoms with van der Waals surface area (Å²) in [5, 5.41) is 16.2. The van der Waals surface area contributed by atoms with Crippen molar-refractivity contribution in [2.45, 2.75) is 57.5 Å². The fourth-order valence-electron chi connectivity index (χ4n) is 5.43. The van der Waals surface area contributed by atoms with Gasteiger partial charge in [-0.25, -0.2) is 0 Å². The number of benzene rings is 2. The molecule has 0 spiro atoms. The van der Waals surface area contributed by atoms with Crippen LogP contribution >= 0.6 is 0 Å². The molecular weight excluding hydrogens is 574 g/mol. The Morgan fingerprint density at radius 1 is 0.889 bits per heavy atom. The van der Waals surface area contributed by atoms with Crippen LogP contribution in [0, 0.1) is 23.2 Å². The third kappa shape index (κ3) is 11.6. The normalized spacial score (nSPS) is 17.2. The molecule has 1 fully saturated rings. The lowest BCUT2D eigenvalue weighted by molar-refractivity contribution is -0.135. The van der Waals surface area contributed by atoms with Crippen molar-refractivity contribution in [3.05, 3.63) is 71.3 Å². The molecule has 4 atom stereocenters. The number of nitrogen functional groups attached to an aromatic ring is 1. The molecule has 0 radical (unpaired) electrons. The van der Waals surface area contributed by atoms with E-state index in [2.05, 4.69) is 20.9 Å². The van der Waals surface area contributed by atoms with Crippen LogP contribution in [0.25, 0.3) is 0 Å². The number of rotatable bonds is 16. The quantitative estimate of drug-likeness (QED) is 0.0568. The van der Waals surface area contributed by atoms with Gasteiger partial charge in [-0.3, -0.25) is 29.6 Å². The van der Waals surface area contributed by atoms with E-state index in [1.165, 1.54) is 0 Å². The number of primary amides is 1. The van der Waals surface area contributed by atoms with Gasteiger partial charge in [-0.15, -0.1) is 0 Å². The average Bonchev–Trinajstić information content (AvgIpc) is 3.03. The Balaban J connectivity index is 1.59. The second-order valence-electron chi connectivity index (χ2n) is 11.5. The molecule has 1 aliphatic rings. The molecule has 0 aliphatic heterocycles. The van der Waals surface area contributed by atoms with Crippen molar-refractivity contribution in [2.24, 2.45) is 45.7 Å². The molecule has 3 rings (SSSR count). The van der Waals surface area contributed by atoms with Gasteiger partial charge >= 0.3 is 0 Å². The van der Waals surface area contributed by atoms with E-state index in [1.54, 1.807) is 24.3 Å². The summed E-state index contributed by atoms with van der Waals surface area (Å²) in [6.07, 6.45) is 3.76. The van der Waals surface area contributed by atoms with Crippen molar-refractivity contribution < 1.29 is 19.2 Å². The Morgan fingerprint density at radius 3 is 2.22 bits per heavy atom. The van der Waals surface area contributed by atoms with E-state index in [0.29, 0.717) is 44.3 Å². The maximum atomic E-state index is 13.4. The molecule has 1 aliphatic carbocycles. The van der Waals surface area contributed by atoms with Crippen LogP contribution in [0.3, 0.4) is 0 Å². The number of nitrogens with two attached hydrogens (primary N) is 4. The molecule has 0 heterocycles. The van der Waals surface area contributed by atoms with E-state index in [1.807, 2.05) is 30.3 Å². The molecule has 4 amide bonds. The second kappa shape index (κ2) is 17.4. The zero-order valence-corrected chi connectivity index (χ0v) is 25.5. The minimum Gasteiger partial charge on any atom is -0.384 e. The molecule has 242 valence electrons. The zero-order valence-electron chi connectivity index (χ0n) is 25.5. The Labute approximate surface area is 263 Å². The minimum atomic E-state index is -0.991. The number of nitrogens with zero attached hydrogens (tertiary/aromatic N) is 1. The van der Waals surface area contributed by atoms with E-state index in [9.17, 15) is 19.2 Å². The summed E-state index contributed by atoms with van der Waals surface area (Å²) in [6.45, 7) is 0.918. The highest BCUT2D eigenvalue weighted by Gasteiger charge is 2.31. The summed E-state index contributed by atoms with van der Waals surface area (Å²) in [4.78, 5) is 55.6. The number of hydrogen-bond donors (Lipinski definition) is 8. The number of guanidine groups is 1. The molecule has 13 nitrogen and oxygen atoms in total. The monoisotopic (exact) mass is 619 g/mol. The van der Waals surface area contributed by atoms with Gasteiger partial charge in [-0.05, 0) is 55.6 Å². The predicted octanol–water partition coefficient (Wildman–Crippen LogP) is 0.392. The van der Waals surface area contributed by atoms with E-state index in [-0.39, 0.29) is 42.5 Å². The molecule has 0 bridgehead atoms.